The third-order valence-electron chi connectivity index (χ3n) is 6.21. The lowest BCUT2D eigenvalue weighted by molar-refractivity contribution is -0.122. The zero-order valence-electron chi connectivity index (χ0n) is 18.1. The molecule has 32 heavy (non-hydrogen) atoms. The maximum Gasteiger partial charge on any atom is 0.229 e. The zero-order chi connectivity index (χ0) is 22.1. The Balaban J connectivity index is 1.30. The van der Waals surface area contributed by atoms with E-state index in [9.17, 15) is 9.59 Å². The molecule has 1 aromatic heterocycles. The van der Waals surface area contributed by atoms with E-state index in [0.717, 1.165) is 30.0 Å². The molecule has 1 atom stereocenters. The second kappa shape index (κ2) is 8.49. The summed E-state index contributed by atoms with van der Waals surface area (Å²) < 4.78 is 7.60. The van der Waals surface area contributed by atoms with Gasteiger partial charge >= 0.3 is 0 Å². The van der Waals surface area contributed by atoms with Gasteiger partial charge in [0.05, 0.1) is 24.4 Å². The molecule has 1 saturated heterocycles. The van der Waals surface area contributed by atoms with E-state index in [2.05, 4.69) is 16.1 Å². The van der Waals surface area contributed by atoms with Crippen LogP contribution < -0.4 is 15.0 Å². The Morgan fingerprint density at radius 3 is 2.88 bits per heavy atom. The molecule has 7 heteroatoms. The first-order chi connectivity index (χ1) is 15.6. The molecule has 0 aliphatic carbocycles. The van der Waals surface area contributed by atoms with E-state index >= 15 is 0 Å². The first-order valence-electron chi connectivity index (χ1n) is 11.0. The number of aryl methyl sites for hydroxylation is 2. The number of amides is 2. The van der Waals surface area contributed by atoms with Crippen LogP contribution in [0.15, 0.2) is 54.7 Å². The molecule has 164 valence electrons. The molecule has 3 aromatic rings. The maximum atomic E-state index is 13.0. The predicted octanol–water partition coefficient (Wildman–Crippen LogP) is 3.89. The van der Waals surface area contributed by atoms with Gasteiger partial charge in [-0.3, -0.25) is 9.59 Å². The van der Waals surface area contributed by atoms with E-state index in [1.165, 1.54) is 12.8 Å². The summed E-state index contributed by atoms with van der Waals surface area (Å²) in [4.78, 5) is 32.0. The van der Waals surface area contributed by atoms with Gasteiger partial charge in [-0.05, 0) is 37.1 Å². The molecular formula is C25H26N4O3. The highest BCUT2D eigenvalue weighted by Crippen LogP contribution is 2.33. The molecule has 2 aliphatic heterocycles. The predicted molar refractivity (Wildman–Crippen MR) is 123 cm³/mol. The molecule has 0 bridgehead atoms. The summed E-state index contributed by atoms with van der Waals surface area (Å²) in [6, 6.07) is 15.1. The highest BCUT2D eigenvalue weighted by atomic mass is 16.5. The van der Waals surface area contributed by atoms with Crippen molar-refractivity contribution in [2.45, 2.75) is 32.2 Å². The van der Waals surface area contributed by atoms with Crippen molar-refractivity contribution in [2.24, 2.45) is 5.92 Å². The molecule has 0 saturated carbocycles. The van der Waals surface area contributed by atoms with E-state index in [0.29, 0.717) is 23.7 Å². The highest BCUT2D eigenvalue weighted by molar-refractivity contribution is 6.04. The van der Waals surface area contributed by atoms with Gasteiger partial charge < -0.3 is 19.5 Å². The van der Waals surface area contributed by atoms with Crippen LogP contribution in [0.4, 0.5) is 11.4 Å². The molecule has 0 radical (unpaired) electrons. The number of carbonyl (C=O) groups is 2. The van der Waals surface area contributed by atoms with Crippen molar-refractivity contribution in [3.05, 3.63) is 60.6 Å². The Morgan fingerprint density at radius 1 is 1.16 bits per heavy atom. The van der Waals surface area contributed by atoms with Crippen molar-refractivity contribution in [1.29, 1.82) is 0 Å². The molecule has 1 fully saturated rings. The number of ether oxygens (including phenoxy) is 1. The summed E-state index contributed by atoms with van der Waals surface area (Å²) in [6.45, 7) is 1.34. The highest BCUT2D eigenvalue weighted by Gasteiger charge is 2.36. The van der Waals surface area contributed by atoms with Crippen molar-refractivity contribution in [2.75, 3.05) is 23.9 Å². The van der Waals surface area contributed by atoms with Crippen molar-refractivity contribution in [1.82, 2.24) is 9.55 Å². The van der Waals surface area contributed by atoms with Crippen LogP contribution in [0, 0.1) is 5.92 Å². The first-order valence-corrected chi connectivity index (χ1v) is 11.0. The van der Waals surface area contributed by atoms with Crippen molar-refractivity contribution in [3.63, 3.8) is 0 Å². The summed E-state index contributed by atoms with van der Waals surface area (Å²) in [5.41, 5.74) is 3.31. The number of hydrogen-bond acceptors (Lipinski definition) is 4. The molecule has 2 aliphatic rings. The average Bonchev–Trinajstić information content (AvgIpc) is 3.43. The van der Waals surface area contributed by atoms with Gasteiger partial charge in [-0.15, -0.1) is 0 Å². The SMILES string of the molecule is COc1ccccc1N1CC(C(=O)Nc2cccc(-c3cn4c(n3)CCCC4)c2)CC1=O. The van der Waals surface area contributed by atoms with E-state index in [-0.39, 0.29) is 18.2 Å². The van der Waals surface area contributed by atoms with Gasteiger partial charge in [0, 0.05) is 43.4 Å². The Hall–Kier alpha value is -3.61. The quantitative estimate of drug-likeness (QED) is 0.666. The molecular weight excluding hydrogens is 404 g/mol. The number of rotatable bonds is 5. The summed E-state index contributed by atoms with van der Waals surface area (Å²) in [5, 5.41) is 2.99. The Bertz CT molecular complexity index is 1150. The van der Waals surface area contributed by atoms with Gasteiger partial charge in [-0.25, -0.2) is 4.98 Å². The molecule has 7 nitrogen and oxygen atoms in total. The molecule has 3 heterocycles. The lowest BCUT2D eigenvalue weighted by atomic mass is 10.1. The van der Waals surface area contributed by atoms with Crippen molar-refractivity contribution in [3.8, 4) is 17.0 Å². The summed E-state index contributed by atoms with van der Waals surface area (Å²) >= 11 is 0. The number of aromatic nitrogens is 2. The summed E-state index contributed by atoms with van der Waals surface area (Å²) in [5.74, 6) is 1.10. The Kier molecular flexibility index (Phi) is 5.39. The standard InChI is InChI=1S/C25H26N4O3/c1-32-22-10-3-2-9-21(22)29-15-18(14-24(29)30)25(31)26-19-8-6-7-17(13-19)20-16-28-12-5-4-11-23(28)27-20/h2-3,6-10,13,16,18H,4-5,11-12,14-15H2,1H3,(H,26,31). The third kappa shape index (κ3) is 3.86. The van der Waals surface area contributed by atoms with Gasteiger partial charge in [-0.1, -0.05) is 24.3 Å². The molecule has 1 N–H and O–H groups in total. The van der Waals surface area contributed by atoms with Crippen LogP contribution in [0.25, 0.3) is 11.3 Å². The van der Waals surface area contributed by atoms with Gasteiger partial charge in [0.2, 0.25) is 11.8 Å². The second-order valence-corrected chi connectivity index (χ2v) is 8.34. The third-order valence-corrected chi connectivity index (χ3v) is 6.21. The fourth-order valence-corrected chi connectivity index (χ4v) is 4.52. The number of carbonyl (C=O) groups excluding carboxylic acids is 2. The average molecular weight is 431 g/mol. The Morgan fingerprint density at radius 2 is 2.03 bits per heavy atom. The fourth-order valence-electron chi connectivity index (χ4n) is 4.52. The summed E-state index contributed by atoms with van der Waals surface area (Å²) in [7, 11) is 1.58. The van der Waals surface area contributed by atoms with Crippen LogP contribution in [0.2, 0.25) is 0 Å². The van der Waals surface area contributed by atoms with E-state index in [4.69, 9.17) is 9.72 Å². The van der Waals surface area contributed by atoms with Crippen LogP contribution >= 0.6 is 0 Å². The largest absolute Gasteiger partial charge is 0.495 e. The number of hydrogen-bond donors (Lipinski definition) is 1. The normalized spacial score (nSPS) is 17.8. The number of fused-ring (bicyclic) bond motifs is 1. The monoisotopic (exact) mass is 430 g/mol. The number of nitrogens with one attached hydrogen (secondary N) is 1. The topological polar surface area (TPSA) is 76.5 Å². The Labute approximate surface area is 187 Å². The smallest absolute Gasteiger partial charge is 0.229 e. The number of nitrogens with zero attached hydrogens (tertiary/aromatic N) is 3. The lowest BCUT2D eigenvalue weighted by Gasteiger charge is -2.19. The molecule has 1 unspecified atom stereocenters. The molecule has 0 spiro atoms. The van der Waals surface area contributed by atoms with Gasteiger partial charge in [-0.2, -0.15) is 0 Å². The van der Waals surface area contributed by atoms with Gasteiger partial charge in [0.25, 0.3) is 0 Å². The zero-order valence-corrected chi connectivity index (χ0v) is 18.1. The fraction of sp³-hybridized carbons (Fsp3) is 0.320. The number of methoxy groups -OCH3 is 1. The molecule has 5 rings (SSSR count). The van der Waals surface area contributed by atoms with Crippen LogP contribution in [0.1, 0.15) is 25.1 Å². The van der Waals surface area contributed by atoms with Gasteiger partial charge in [0.1, 0.15) is 11.6 Å². The number of anilines is 2. The molecule has 2 aromatic carbocycles. The number of imidazole rings is 1. The van der Waals surface area contributed by atoms with E-state index in [1.807, 2.05) is 48.5 Å². The van der Waals surface area contributed by atoms with E-state index in [1.54, 1.807) is 12.0 Å². The van der Waals surface area contributed by atoms with Crippen molar-refractivity contribution < 1.29 is 14.3 Å². The van der Waals surface area contributed by atoms with Gasteiger partial charge in [0.15, 0.2) is 0 Å². The van der Waals surface area contributed by atoms with Crippen LogP contribution in [0.5, 0.6) is 5.75 Å². The summed E-state index contributed by atoms with van der Waals surface area (Å²) in [6.07, 6.45) is 5.64. The minimum atomic E-state index is -0.420. The minimum Gasteiger partial charge on any atom is -0.495 e. The van der Waals surface area contributed by atoms with Crippen LogP contribution in [-0.4, -0.2) is 35.0 Å². The maximum absolute atomic E-state index is 13.0. The number of benzene rings is 2. The number of para-hydroxylation sites is 2. The first kappa shape index (κ1) is 20.3. The minimum absolute atomic E-state index is 0.0769. The molecule has 2 amide bonds. The van der Waals surface area contributed by atoms with Crippen molar-refractivity contribution >= 4 is 23.2 Å². The lowest BCUT2D eigenvalue weighted by Crippen LogP contribution is -2.28. The van der Waals surface area contributed by atoms with E-state index < -0.39 is 5.92 Å². The second-order valence-electron chi connectivity index (χ2n) is 8.34. The van der Waals surface area contributed by atoms with Crippen LogP contribution in [-0.2, 0) is 22.6 Å². The van der Waals surface area contributed by atoms with Crippen LogP contribution in [0.3, 0.4) is 0 Å².